The molecule has 1 amide bonds. The molecule has 24 heavy (non-hydrogen) atoms. The lowest BCUT2D eigenvalue weighted by molar-refractivity contribution is -0.127. The normalized spacial score (nSPS) is 16.4. The summed E-state index contributed by atoms with van der Waals surface area (Å²) in [4.78, 5) is 17.8. The molecule has 1 aromatic rings. The van der Waals surface area contributed by atoms with Gasteiger partial charge in [-0.1, -0.05) is 24.2 Å². The molecule has 1 aliphatic rings. The van der Waals surface area contributed by atoms with Gasteiger partial charge in [-0.05, 0) is 26.7 Å². The molecule has 0 saturated heterocycles. The maximum atomic E-state index is 11.8. The van der Waals surface area contributed by atoms with Gasteiger partial charge in [0.2, 0.25) is 5.91 Å². The fourth-order valence-electron chi connectivity index (χ4n) is 2.44. The van der Waals surface area contributed by atoms with E-state index < -0.39 is 0 Å². The Balaban J connectivity index is 0.00000288. The Morgan fingerprint density at radius 1 is 1.38 bits per heavy atom. The van der Waals surface area contributed by atoms with E-state index in [9.17, 15) is 4.79 Å². The second-order valence-corrected chi connectivity index (χ2v) is 7.32. The van der Waals surface area contributed by atoms with Gasteiger partial charge >= 0.3 is 0 Å². The van der Waals surface area contributed by atoms with Gasteiger partial charge in [-0.15, -0.1) is 34.2 Å². The summed E-state index contributed by atoms with van der Waals surface area (Å²) in [5.74, 6) is 0.657. The van der Waals surface area contributed by atoms with E-state index in [2.05, 4.69) is 25.8 Å². The van der Waals surface area contributed by atoms with E-state index in [1.54, 1.807) is 30.3 Å². The summed E-state index contributed by atoms with van der Waals surface area (Å²) in [6.07, 6.45) is 4.78. The highest BCUT2D eigenvalue weighted by atomic mass is 127. The number of aliphatic imine (C=N–C) groups is 1. The Hall–Kier alpha value is -0.970. The molecule has 2 N–H and O–H groups in total. The molecule has 0 bridgehead atoms. The van der Waals surface area contributed by atoms with Crippen molar-refractivity contribution in [1.82, 2.24) is 25.7 Å². The zero-order valence-corrected chi connectivity index (χ0v) is 17.9. The van der Waals surface area contributed by atoms with Crippen LogP contribution in [0.2, 0.25) is 0 Å². The van der Waals surface area contributed by atoms with Crippen LogP contribution in [-0.4, -0.2) is 53.6 Å². The quantitative estimate of drug-likeness (QED) is 0.395. The van der Waals surface area contributed by atoms with Crippen molar-refractivity contribution in [3.05, 3.63) is 10.0 Å². The number of carbonyl (C=O) groups excluding carboxylic acids is 1. The lowest BCUT2D eigenvalue weighted by Gasteiger charge is -2.20. The molecule has 0 aromatic carbocycles. The van der Waals surface area contributed by atoms with Crippen molar-refractivity contribution < 1.29 is 4.79 Å². The Morgan fingerprint density at radius 2 is 2.04 bits per heavy atom. The van der Waals surface area contributed by atoms with Gasteiger partial charge in [0.25, 0.3) is 0 Å². The molecule has 2 rings (SSSR count). The maximum absolute atomic E-state index is 11.8. The van der Waals surface area contributed by atoms with Crippen molar-refractivity contribution in [2.75, 3.05) is 20.6 Å². The minimum atomic E-state index is -0.0167. The van der Waals surface area contributed by atoms with Crippen molar-refractivity contribution >= 4 is 47.2 Å². The van der Waals surface area contributed by atoms with Gasteiger partial charge in [0, 0.05) is 20.1 Å². The van der Waals surface area contributed by atoms with Crippen LogP contribution in [0.25, 0.3) is 0 Å². The third kappa shape index (κ3) is 6.50. The van der Waals surface area contributed by atoms with Crippen LogP contribution in [0.15, 0.2) is 4.99 Å². The molecule has 0 radical (unpaired) electrons. The van der Waals surface area contributed by atoms with Crippen LogP contribution in [0.3, 0.4) is 0 Å². The molecule has 1 aromatic heterocycles. The summed E-state index contributed by atoms with van der Waals surface area (Å²) >= 11 is 1.57. The average molecular weight is 466 g/mol. The summed E-state index contributed by atoms with van der Waals surface area (Å²) in [6, 6.07) is 0.433. The number of aryl methyl sites for hydroxylation is 1. The van der Waals surface area contributed by atoms with Crippen molar-refractivity contribution in [1.29, 1.82) is 0 Å². The van der Waals surface area contributed by atoms with E-state index in [0.29, 0.717) is 12.0 Å². The van der Waals surface area contributed by atoms with Crippen molar-refractivity contribution in [3.8, 4) is 0 Å². The van der Waals surface area contributed by atoms with E-state index in [-0.39, 0.29) is 42.5 Å². The molecule has 1 fully saturated rings. The van der Waals surface area contributed by atoms with Crippen LogP contribution in [0.5, 0.6) is 0 Å². The molecular formula is C15H27IN6OS. The van der Waals surface area contributed by atoms with Crippen LogP contribution in [0, 0.1) is 6.92 Å². The number of halogens is 1. The van der Waals surface area contributed by atoms with Gasteiger partial charge in [0.05, 0.1) is 6.04 Å². The third-order valence-electron chi connectivity index (χ3n) is 3.83. The minimum Gasteiger partial charge on any atom is -0.354 e. The molecule has 0 aliphatic heterocycles. The second-order valence-electron chi connectivity index (χ2n) is 6.10. The summed E-state index contributed by atoms with van der Waals surface area (Å²) in [6.45, 7) is 4.10. The van der Waals surface area contributed by atoms with Crippen LogP contribution >= 0.6 is 35.3 Å². The SMILES string of the molecule is Cc1nnc(C(C)NC(=NCC(=O)N(C)C)NC2CCCC2)s1.I. The predicted octanol–water partition coefficient (Wildman–Crippen LogP) is 2.09. The van der Waals surface area contributed by atoms with Crippen molar-refractivity contribution in [2.24, 2.45) is 4.99 Å². The summed E-state index contributed by atoms with van der Waals surface area (Å²) in [5.41, 5.74) is 0. The molecule has 136 valence electrons. The number of hydrogen-bond donors (Lipinski definition) is 2. The Kier molecular flexibility index (Phi) is 8.88. The summed E-state index contributed by atoms with van der Waals surface area (Å²) < 4.78 is 0. The monoisotopic (exact) mass is 466 g/mol. The summed E-state index contributed by atoms with van der Waals surface area (Å²) in [7, 11) is 3.48. The van der Waals surface area contributed by atoms with Crippen molar-refractivity contribution in [3.63, 3.8) is 0 Å². The lowest BCUT2D eigenvalue weighted by atomic mass is 10.2. The zero-order chi connectivity index (χ0) is 16.8. The number of nitrogens with zero attached hydrogens (tertiary/aromatic N) is 4. The van der Waals surface area contributed by atoms with Crippen LogP contribution in [-0.2, 0) is 4.79 Å². The molecule has 1 saturated carbocycles. The fourth-order valence-corrected chi connectivity index (χ4v) is 3.14. The second kappa shape index (κ2) is 10.1. The van der Waals surface area contributed by atoms with Gasteiger partial charge in [-0.3, -0.25) is 4.79 Å². The van der Waals surface area contributed by atoms with Gasteiger partial charge in [0.1, 0.15) is 16.6 Å². The number of amides is 1. The minimum absolute atomic E-state index is 0. The van der Waals surface area contributed by atoms with Gasteiger partial charge < -0.3 is 15.5 Å². The standard InChI is InChI=1S/C15H26N6OS.HI/c1-10(14-20-19-11(2)23-14)17-15(16-9-13(22)21(3)4)18-12-7-5-6-8-12;/h10,12H,5-9H2,1-4H3,(H2,16,17,18);1H. The van der Waals surface area contributed by atoms with Crippen LogP contribution in [0.4, 0.5) is 0 Å². The van der Waals surface area contributed by atoms with E-state index in [1.807, 2.05) is 13.8 Å². The highest BCUT2D eigenvalue weighted by Gasteiger charge is 2.19. The number of likely N-dealkylation sites (N-methyl/N-ethyl adjacent to an activating group) is 1. The average Bonchev–Trinajstić information content (AvgIpc) is 3.15. The molecule has 7 nitrogen and oxygen atoms in total. The first kappa shape index (κ1) is 21.1. The molecule has 1 heterocycles. The van der Waals surface area contributed by atoms with E-state index in [0.717, 1.165) is 22.9 Å². The third-order valence-corrected chi connectivity index (χ3v) is 4.85. The smallest absolute Gasteiger partial charge is 0.243 e. The number of aromatic nitrogens is 2. The number of carbonyl (C=O) groups is 1. The number of guanidine groups is 1. The molecule has 0 spiro atoms. The highest BCUT2D eigenvalue weighted by Crippen LogP contribution is 2.19. The lowest BCUT2D eigenvalue weighted by Crippen LogP contribution is -2.44. The Bertz CT molecular complexity index is 556. The van der Waals surface area contributed by atoms with E-state index in [1.165, 1.54) is 12.8 Å². The van der Waals surface area contributed by atoms with Gasteiger partial charge in [-0.2, -0.15) is 0 Å². The maximum Gasteiger partial charge on any atom is 0.243 e. The first-order chi connectivity index (χ1) is 11.0. The Labute approximate surface area is 164 Å². The van der Waals surface area contributed by atoms with Gasteiger partial charge in [-0.25, -0.2) is 4.99 Å². The van der Waals surface area contributed by atoms with E-state index >= 15 is 0 Å². The molecule has 1 atom stereocenters. The number of nitrogens with one attached hydrogen (secondary N) is 2. The Morgan fingerprint density at radius 3 is 2.58 bits per heavy atom. The topological polar surface area (TPSA) is 82.5 Å². The first-order valence-electron chi connectivity index (χ1n) is 8.03. The highest BCUT2D eigenvalue weighted by molar-refractivity contribution is 14.0. The number of rotatable bonds is 5. The van der Waals surface area contributed by atoms with Gasteiger partial charge in [0.15, 0.2) is 5.96 Å². The van der Waals surface area contributed by atoms with E-state index in [4.69, 9.17) is 0 Å². The molecular weight excluding hydrogens is 439 g/mol. The first-order valence-corrected chi connectivity index (χ1v) is 8.85. The zero-order valence-electron chi connectivity index (χ0n) is 14.7. The fraction of sp³-hybridized carbons (Fsp3) is 0.733. The number of hydrogen-bond acceptors (Lipinski definition) is 5. The molecule has 9 heteroatoms. The molecule has 1 aliphatic carbocycles. The predicted molar refractivity (Wildman–Crippen MR) is 108 cm³/mol. The van der Waals surface area contributed by atoms with Crippen LogP contribution in [0.1, 0.15) is 48.7 Å². The van der Waals surface area contributed by atoms with Crippen LogP contribution < -0.4 is 10.6 Å². The molecule has 1 unspecified atom stereocenters. The van der Waals surface area contributed by atoms with Crippen molar-refractivity contribution in [2.45, 2.75) is 51.6 Å². The summed E-state index contributed by atoms with van der Waals surface area (Å²) in [5, 5.41) is 16.9. The largest absolute Gasteiger partial charge is 0.354 e.